The average Bonchev–Trinajstić information content (AvgIpc) is 2.34. The van der Waals surface area contributed by atoms with Gasteiger partial charge in [-0.15, -0.1) is 12.4 Å². The van der Waals surface area contributed by atoms with Crippen molar-refractivity contribution < 1.29 is 4.39 Å². The lowest BCUT2D eigenvalue weighted by Crippen LogP contribution is -2.43. The topological polar surface area (TPSA) is 29.3 Å². The summed E-state index contributed by atoms with van der Waals surface area (Å²) in [5.74, 6) is -0.357. The number of halogens is 3. The molecule has 5 heteroatoms. The number of hydrogen-bond donors (Lipinski definition) is 1. The predicted octanol–water partition coefficient (Wildman–Crippen LogP) is 3.21. The Balaban J connectivity index is 0.00000162. The van der Waals surface area contributed by atoms with Crippen molar-refractivity contribution in [2.75, 3.05) is 13.1 Å². The van der Waals surface area contributed by atoms with Crippen molar-refractivity contribution in [2.24, 2.45) is 5.73 Å². The second kappa shape index (κ2) is 7.29. The van der Waals surface area contributed by atoms with E-state index in [9.17, 15) is 4.39 Å². The molecule has 1 aliphatic rings. The number of nitrogens with two attached hydrogens (primary N) is 1. The van der Waals surface area contributed by atoms with Crippen LogP contribution >= 0.6 is 24.0 Å². The van der Waals surface area contributed by atoms with Gasteiger partial charge in [0.05, 0.1) is 5.02 Å². The Kier molecular flexibility index (Phi) is 6.36. The third-order valence-corrected chi connectivity index (χ3v) is 3.68. The molecule has 1 atom stereocenters. The second-order valence-corrected chi connectivity index (χ2v) is 5.01. The van der Waals surface area contributed by atoms with Crippen LogP contribution in [0.3, 0.4) is 0 Å². The third kappa shape index (κ3) is 3.82. The first-order valence-corrected chi connectivity index (χ1v) is 6.46. The molecule has 2 rings (SSSR count). The van der Waals surface area contributed by atoms with Gasteiger partial charge in [0.1, 0.15) is 5.82 Å². The van der Waals surface area contributed by atoms with Crippen LogP contribution in [0.4, 0.5) is 4.39 Å². The van der Waals surface area contributed by atoms with Crippen LogP contribution in [0.1, 0.15) is 24.8 Å². The van der Waals surface area contributed by atoms with Crippen molar-refractivity contribution in [1.82, 2.24) is 4.90 Å². The molecule has 1 unspecified atom stereocenters. The molecule has 0 aromatic heterocycles. The summed E-state index contributed by atoms with van der Waals surface area (Å²) in [6.45, 7) is 2.56. The molecule has 0 saturated carbocycles. The fraction of sp³-hybridized carbons (Fsp3) is 0.538. The average molecular weight is 293 g/mol. The molecule has 0 aliphatic carbocycles. The summed E-state index contributed by atoms with van der Waals surface area (Å²) < 4.78 is 13.1. The first-order chi connectivity index (χ1) is 8.20. The summed E-state index contributed by atoms with van der Waals surface area (Å²) in [5.41, 5.74) is 6.83. The molecule has 2 nitrogen and oxygen atoms in total. The van der Waals surface area contributed by atoms with Crippen LogP contribution in [0.2, 0.25) is 5.02 Å². The quantitative estimate of drug-likeness (QED) is 0.927. The number of likely N-dealkylation sites (tertiary alicyclic amines) is 1. The highest BCUT2D eigenvalue weighted by atomic mass is 35.5. The molecule has 0 spiro atoms. The van der Waals surface area contributed by atoms with E-state index in [1.807, 2.05) is 0 Å². The predicted molar refractivity (Wildman–Crippen MR) is 75.8 cm³/mol. The van der Waals surface area contributed by atoms with Crippen LogP contribution in [0.25, 0.3) is 0 Å². The molecule has 1 aliphatic heterocycles. The Hall–Kier alpha value is -0.350. The highest BCUT2D eigenvalue weighted by molar-refractivity contribution is 6.30. The van der Waals surface area contributed by atoms with E-state index in [0.717, 1.165) is 25.1 Å². The fourth-order valence-electron chi connectivity index (χ4n) is 2.41. The standard InChI is InChI=1S/C13H18ClFN2.ClH/c14-12-7-10(4-5-13(12)15)9-17-6-2-1-3-11(17)8-16;/h4-5,7,11H,1-3,6,8-9,16H2;1H. The molecule has 1 heterocycles. The Bertz CT molecular complexity index is 387. The highest BCUT2D eigenvalue weighted by Gasteiger charge is 2.21. The number of piperidine rings is 1. The van der Waals surface area contributed by atoms with E-state index in [1.54, 1.807) is 12.1 Å². The van der Waals surface area contributed by atoms with E-state index >= 15 is 0 Å². The van der Waals surface area contributed by atoms with E-state index in [2.05, 4.69) is 4.90 Å². The molecule has 1 saturated heterocycles. The Labute approximate surface area is 119 Å². The van der Waals surface area contributed by atoms with Crippen LogP contribution in [-0.4, -0.2) is 24.0 Å². The van der Waals surface area contributed by atoms with Gasteiger partial charge in [-0.25, -0.2) is 4.39 Å². The van der Waals surface area contributed by atoms with Crippen LogP contribution < -0.4 is 5.73 Å². The molecule has 0 bridgehead atoms. The highest BCUT2D eigenvalue weighted by Crippen LogP contribution is 2.21. The van der Waals surface area contributed by atoms with E-state index in [-0.39, 0.29) is 23.2 Å². The third-order valence-electron chi connectivity index (χ3n) is 3.39. The molecule has 102 valence electrons. The summed E-state index contributed by atoms with van der Waals surface area (Å²) >= 11 is 5.78. The van der Waals surface area contributed by atoms with Gasteiger partial charge in [0.25, 0.3) is 0 Å². The van der Waals surface area contributed by atoms with E-state index in [1.165, 1.54) is 18.9 Å². The lowest BCUT2D eigenvalue weighted by molar-refractivity contribution is 0.145. The molecule has 2 N–H and O–H groups in total. The van der Waals surface area contributed by atoms with Crippen molar-refractivity contribution >= 4 is 24.0 Å². The van der Waals surface area contributed by atoms with E-state index in [4.69, 9.17) is 17.3 Å². The molecule has 1 aromatic carbocycles. The van der Waals surface area contributed by atoms with Crippen LogP contribution in [-0.2, 0) is 6.54 Å². The van der Waals surface area contributed by atoms with Gasteiger partial charge in [-0.3, -0.25) is 4.90 Å². The zero-order valence-electron chi connectivity index (χ0n) is 10.2. The fourth-order valence-corrected chi connectivity index (χ4v) is 2.61. The SMILES string of the molecule is Cl.NCC1CCCCN1Cc1ccc(F)c(Cl)c1. The van der Waals surface area contributed by atoms with Gasteiger partial charge in [-0.1, -0.05) is 24.1 Å². The monoisotopic (exact) mass is 292 g/mol. The van der Waals surface area contributed by atoms with Crippen LogP contribution in [0.5, 0.6) is 0 Å². The van der Waals surface area contributed by atoms with Crippen molar-refractivity contribution in [2.45, 2.75) is 31.8 Å². The molecule has 18 heavy (non-hydrogen) atoms. The molecule has 1 fully saturated rings. The summed E-state index contributed by atoms with van der Waals surface area (Å²) in [7, 11) is 0. The first-order valence-electron chi connectivity index (χ1n) is 6.08. The van der Waals surface area contributed by atoms with Crippen molar-refractivity contribution in [3.63, 3.8) is 0 Å². The van der Waals surface area contributed by atoms with Crippen molar-refractivity contribution in [3.8, 4) is 0 Å². The molecule has 0 amide bonds. The van der Waals surface area contributed by atoms with Crippen molar-refractivity contribution in [1.29, 1.82) is 0 Å². The summed E-state index contributed by atoms with van der Waals surface area (Å²) in [5, 5.41) is 0.198. The minimum absolute atomic E-state index is 0. The van der Waals surface area contributed by atoms with E-state index in [0.29, 0.717) is 12.6 Å². The zero-order valence-corrected chi connectivity index (χ0v) is 11.8. The van der Waals surface area contributed by atoms with Crippen LogP contribution in [0, 0.1) is 5.82 Å². The summed E-state index contributed by atoms with van der Waals surface area (Å²) in [6.07, 6.45) is 3.62. The Morgan fingerprint density at radius 1 is 1.39 bits per heavy atom. The lowest BCUT2D eigenvalue weighted by atomic mass is 10.0. The first kappa shape index (κ1) is 15.7. The number of hydrogen-bond acceptors (Lipinski definition) is 2. The molecule has 1 aromatic rings. The minimum Gasteiger partial charge on any atom is -0.329 e. The van der Waals surface area contributed by atoms with E-state index < -0.39 is 0 Å². The molecular formula is C13H19Cl2FN2. The Morgan fingerprint density at radius 3 is 2.83 bits per heavy atom. The van der Waals surface area contributed by atoms with Gasteiger partial charge in [-0.05, 0) is 37.1 Å². The van der Waals surface area contributed by atoms with Gasteiger partial charge in [0, 0.05) is 19.1 Å². The van der Waals surface area contributed by atoms with Gasteiger partial charge in [0.15, 0.2) is 0 Å². The normalized spacial score (nSPS) is 20.5. The maximum atomic E-state index is 13.1. The van der Waals surface area contributed by atoms with Crippen LogP contribution in [0.15, 0.2) is 18.2 Å². The number of rotatable bonds is 3. The smallest absolute Gasteiger partial charge is 0.141 e. The van der Waals surface area contributed by atoms with Gasteiger partial charge < -0.3 is 5.73 Å². The lowest BCUT2D eigenvalue weighted by Gasteiger charge is -2.35. The molecular weight excluding hydrogens is 274 g/mol. The molecule has 0 radical (unpaired) electrons. The largest absolute Gasteiger partial charge is 0.329 e. The van der Waals surface area contributed by atoms with Gasteiger partial charge >= 0.3 is 0 Å². The minimum atomic E-state index is -0.357. The van der Waals surface area contributed by atoms with Crippen molar-refractivity contribution in [3.05, 3.63) is 34.6 Å². The second-order valence-electron chi connectivity index (χ2n) is 4.60. The number of nitrogens with zero attached hydrogens (tertiary/aromatic N) is 1. The maximum absolute atomic E-state index is 13.1. The van der Waals surface area contributed by atoms with Gasteiger partial charge in [0.2, 0.25) is 0 Å². The zero-order chi connectivity index (χ0) is 12.3. The Morgan fingerprint density at radius 2 is 2.17 bits per heavy atom. The maximum Gasteiger partial charge on any atom is 0.141 e. The van der Waals surface area contributed by atoms with Gasteiger partial charge in [-0.2, -0.15) is 0 Å². The summed E-state index contributed by atoms with van der Waals surface area (Å²) in [4.78, 5) is 2.37. The summed E-state index contributed by atoms with van der Waals surface area (Å²) in [6, 6.07) is 5.38. The number of benzene rings is 1.